The number of pyridine rings is 1. The molecule has 26 heavy (non-hydrogen) atoms. The second-order valence-electron chi connectivity index (χ2n) is 7.09. The van der Waals surface area contributed by atoms with Gasteiger partial charge < -0.3 is 4.90 Å². The molecule has 0 aliphatic carbocycles. The lowest BCUT2D eigenvalue weighted by atomic mass is 10.1. The van der Waals surface area contributed by atoms with Gasteiger partial charge in [0, 0.05) is 41.9 Å². The number of nitrogens with zero attached hydrogens (tertiary/aromatic N) is 6. The van der Waals surface area contributed by atoms with Crippen molar-refractivity contribution in [1.29, 1.82) is 0 Å². The number of anilines is 1. The minimum Gasteiger partial charge on any atom is -0.339 e. The van der Waals surface area contributed by atoms with Crippen LogP contribution in [0.5, 0.6) is 0 Å². The summed E-state index contributed by atoms with van der Waals surface area (Å²) in [5.41, 5.74) is 6.29. The van der Waals surface area contributed by atoms with Crippen LogP contribution in [-0.2, 0) is 0 Å². The van der Waals surface area contributed by atoms with E-state index in [4.69, 9.17) is 4.98 Å². The van der Waals surface area contributed by atoms with Gasteiger partial charge in [-0.3, -0.25) is 9.67 Å². The van der Waals surface area contributed by atoms with E-state index in [9.17, 15) is 0 Å². The molecule has 134 valence electrons. The van der Waals surface area contributed by atoms with Crippen LogP contribution in [0, 0.1) is 27.7 Å². The van der Waals surface area contributed by atoms with Gasteiger partial charge in [0.05, 0.1) is 17.4 Å². The van der Waals surface area contributed by atoms with Gasteiger partial charge in [0.25, 0.3) is 0 Å². The van der Waals surface area contributed by atoms with Crippen LogP contribution >= 0.6 is 0 Å². The zero-order valence-electron chi connectivity index (χ0n) is 15.8. The van der Waals surface area contributed by atoms with E-state index in [-0.39, 0.29) is 0 Å². The SMILES string of the molecule is Cc1ccc(-c2ccnc(N3CCC(n4nc(C)cc4C)C3)n2)c(C)n1. The second-order valence-corrected chi connectivity index (χ2v) is 7.09. The van der Waals surface area contributed by atoms with Gasteiger partial charge in [-0.2, -0.15) is 5.10 Å². The molecule has 1 saturated heterocycles. The van der Waals surface area contributed by atoms with Crippen molar-refractivity contribution in [3.05, 3.63) is 53.2 Å². The number of hydrogen-bond acceptors (Lipinski definition) is 5. The van der Waals surface area contributed by atoms with E-state index < -0.39 is 0 Å². The third kappa shape index (κ3) is 3.07. The molecule has 1 aliphatic heterocycles. The predicted octanol–water partition coefficient (Wildman–Crippen LogP) is 3.42. The van der Waals surface area contributed by atoms with E-state index in [0.717, 1.165) is 53.8 Å². The molecular weight excluding hydrogens is 324 g/mol. The maximum atomic E-state index is 4.82. The average molecular weight is 348 g/mol. The molecule has 0 amide bonds. The first kappa shape index (κ1) is 16.7. The van der Waals surface area contributed by atoms with Gasteiger partial charge in [-0.25, -0.2) is 9.97 Å². The second kappa shape index (κ2) is 6.52. The number of rotatable bonds is 3. The van der Waals surface area contributed by atoms with E-state index in [2.05, 4.69) is 43.7 Å². The summed E-state index contributed by atoms with van der Waals surface area (Å²) in [5.74, 6) is 0.784. The van der Waals surface area contributed by atoms with Crippen LogP contribution < -0.4 is 4.90 Å². The molecule has 0 radical (unpaired) electrons. The van der Waals surface area contributed by atoms with Gasteiger partial charge in [0.2, 0.25) is 5.95 Å². The van der Waals surface area contributed by atoms with Gasteiger partial charge in [-0.1, -0.05) is 0 Å². The highest BCUT2D eigenvalue weighted by atomic mass is 15.4. The van der Waals surface area contributed by atoms with Crippen molar-refractivity contribution in [3.8, 4) is 11.3 Å². The highest BCUT2D eigenvalue weighted by Crippen LogP contribution is 2.27. The Hall–Kier alpha value is -2.76. The van der Waals surface area contributed by atoms with Crippen molar-refractivity contribution in [2.75, 3.05) is 18.0 Å². The number of hydrogen-bond donors (Lipinski definition) is 0. The zero-order valence-corrected chi connectivity index (χ0v) is 15.8. The Kier molecular flexibility index (Phi) is 4.18. The molecule has 1 aliphatic rings. The Labute approximate surface area is 153 Å². The van der Waals surface area contributed by atoms with Crippen LogP contribution in [0.3, 0.4) is 0 Å². The maximum Gasteiger partial charge on any atom is 0.225 e. The lowest BCUT2D eigenvalue weighted by Crippen LogP contribution is -2.23. The summed E-state index contributed by atoms with van der Waals surface area (Å²) in [7, 11) is 0. The molecule has 1 atom stereocenters. The molecule has 6 nitrogen and oxygen atoms in total. The summed E-state index contributed by atoms with van der Waals surface area (Å²) in [5, 5.41) is 4.65. The molecule has 1 unspecified atom stereocenters. The van der Waals surface area contributed by atoms with Crippen molar-refractivity contribution in [3.63, 3.8) is 0 Å². The summed E-state index contributed by atoms with van der Waals surface area (Å²) in [6, 6.07) is 8.58. The summed E-state index contributed by atoms with van der Waals surface area (Å²) in [6.07, 6.45) is 2.90. The lowest BCUT2D eigenvalue weighted by Gasteiger charge is -2.18. The van der Waals surface area contributed by atoms with Crippen LogP contribution in [0.1, 0.15) is 35.2 Å². The van der Waals surface area contributed by atoms with Crippen molar-refractivity contribution in [1.82, 2.24) is 24.7 Å². The van der Waals surface area contributed by atoms with E-state index in [1.807, 2.05) is 39.1 Å². The van der Waals surface area contributed by atoms with Crippen LogP contribution in [0.4, 0.5) is 5.95 Å². The fourth-order valence-electron chi connectivity index (χ4n) is 3.75. The van der Waals surface area contributed by atoms with Gasteiger partial charge in [0.15, 0.2) is 0 Å². The van der Waals surface area contributed by atoms with Crippen LogP contribution in [0.25, 0.3) is 11.3 Å². The molecule has 4 heterocycles. The first-order chi connectivity index (χ1) is 12.5. The average Bonchev–Trinajstić information content (AvgIpc) is 3.21. The molecular formula is C20H24N6. The van der Waals surface area contributed by atoms with Gasteiger partial charge in [-0.05, 0) is 58.4 Å². The van der Waals surface area contributed by atoms with Gasteiger partial charge in [-0.15, -0.1) is 0 Å². The van der Waals surface area contributed by atoms with E-state index >= 15 is 0 Å². The first-order valence-corrected chi connectivity index (χ1v) is 9.06. The first-order valence-electron chi connectivity index (χ1n) is 9.06. The van der Waals surface area contributed by atoms with Gasteiger partial charge >= 0.3 is 0 Å². The van der Waals surface area contributed by atoms with Gasteiger partial charge in [0.1, 0.15) is 0 Å². The Bertz CT molecular complexity index is 945. The number of aryl methyl sites for hydroxylation is 4. The highest BCUT2D eigenvalue weighted by Gasteiger charge is 2.27. The molecule has 4 rings (SSSR count). The summed E-state index contributed by atoms with van der Waals surface area (Å²) in [4.78, 5) is 16.1. The summed E-state index contributed by atoms with van der Waals surface area (Å²) >= 11 is 0. The minimum atomic E-state index is 0.374. The van der Waals surface area contributed by atoms with Crippen molar-refractivity contribution >= 4 is 5.95 Å². The van der Waals surface area contributed by atoms with E-state index in [1.54, 1.807) is 0 Å². The Morgan fingerprint density at radius 3 is 2.58 bits per heavy atom. The fraction of sp³-hybridized carbons (Fsp3) is 0.400. The Morgan fingerprint density at radius 1 is 1.00 bits per heavy atom. The van der Waals surface area contributed by atoms with Crippen molar-refractivity contribution in [2.24, 2.45) is 0 Å². The van der Waals surface area contributed by atoms with Crippen molar-refractivity contribution in [2.45, 2.75) is 40.2 Å². The Balaban J connectivity index is 1.58. The smallest absolute Gasteiger partial charge is 0.225 e. The quantitative estimate of drug-likeness (QED) is 0.726. The molecule has 3 aromatic rings. The number of aromatic nitrogens is 5. The third-order valence-corrected chi connectivity index (χ3v) is 4.98. The Morgan fingerprint density at radius 2 is 1.85 bits per heavy atom. The molecule has 0 bridgehead atoms. The fourth-order valence-corrected chi connectivity index (χ4v) is 3.75. The van der Waals surface area contributed by atoms with Crippen LogP contribution in [0.2, 0.25) is 0 Å². The van der Waals surface area contributed by atoms with E-state index in [0.29, 0.717) is 6.04 Å². The zero-order chi connectivity index (χ0) is 18.3. The van der Waals surface area contributed by atoms with Crippen LogP contribution in [-0.4, -0.2) is 37.8 Å². The predicted molar refractivity (Wildman–Crippen MR) is 102 cm³/mol. The molecule has 0 N–H and O–H groups in total. The molecule has 0 aromatic carbocycles. The summed E-state index contributed by atoms with van der Waals surface area (Å²) < 4.78 is 2.15. The molecule has 3 aromatic heterocycles. The maximum absolute atomic E-state index is 4.82. The molecule has 1 fully saturated rings. The van der Waals surface area contributed by atoms with Crippen LogP contribution in [0.15, 0.2) is 30.5 Å². The molecule has 0 saturated carbocycles. The lowest BCUT2D eigenvalue weighted by molar-refractivity contribution is 0.480. The largest absolute Gasteiger partial charge is 0.339 e. The third-order valence-electron chi connectivity index (χ3n) is 4.98. The monoisotopic (exact) mass is 348 g/mol. The summed E-state index contributed by atoms with van der Waals surface area (Å²) in [6.45, 7) is 10.0. The van der Waals surface area contributed by atoms with Crippen molar-refractivity contribution < 1.29 is 0 Å². The molecule has 0 spiro atoms. The minimum absolute atomic E-state index is 0.374. The van der Waals surface area contributed by atoms with E-state index in [1.165, 1.54) is 5.69 Å². The standard InChI is InChI=1S/C20H24N6/c1-13-5-6-18(16(4)22-13)19-7-9-21-20(23-19)25-10-8-17(12-25)26-15(3)11-14(2)24-26/h5-7,9,11,17H,8,10,12H2,1-4H3. The normalized spacial score (nSPS) is 17.1. The topological polar surface area (TPSA) is 59.7 Å². The highest BCUT2D eigenvalue weighted by molar-refractivity contribution is 5.62. The molecule has 6 heteroatoms.